The minimum Gasteiger partial charge on any atom is -0.363 e. The standard InChI is InChI=1S/C18H18N6O3/c1-22-8-10-23(11-9-22)15-3-2-14(12-16(15)24(25)26)17-20-18(27-21-17)13-4-6-19-7-5-13/h2-7,12H,8-11H2,1H3. The lowest BCUT2D eigenvalue weighted by atomic mass is 10.1. The van der Waals surface area contributed by atoms with Crippen molar-refractivity contribution in [3.8, 4) is 22.8 Å². The molecular weight excluding hydrogens is 348 g/mol. The molecule has 1 aromatic carbocycles. The third-order valence-corrected chi connectivity index (χ3v) is 4.63. The molecule has 4 rings (SSSR count). The van der Waals surface area contributed by atoms with Crippen molar-refractivity contribution in [2.75, 3.05) is 38.1 Å². The van der Waals surface area contributed by atoms with E-state index in [1.807, 2.05) is 11.9 Å². The number of benzene rings is 1. The second-order valence-electron chi connectivity index (χ2n) is 6.41. The highest BCUT2D eigenvalue weighted by Gasteiger charge is 2.24. The molecule has 0 aliphatic carbocycles. The quantitative estimate of drug-likeness (QED) is 0.513. The van der Waals surface area contributed by atoms with Gasteiger partial charge in [0.15, 0.2) is 0 Å². The van der Waals surface area contributed by atoms with Gasteiger partial charge in [-0.25, -0.2) is 0 Å². The van der Waals surface area contributed by atoms with Crippen LogP contribution in [-0.4, -0.2) is 58.2 Å². The zero-order valence-electron chi connectivity index (χ0n) is 14.8. The molecule has 3 aromatic rings. The molecule has 0 atom stereocenters. The molecule has 0 radical (unpaired) electrons. The minimum atomic E-state index is -0.360. The van der Waals surface area contributed by atoms with Crippen molar-refractivity contribution in [3.63, 3.8) is 0 Å². The minimum absolute atomic E-state index is 0.0484. The number of nitro groups is 1. The molecule has 3 heterocycles. The van der Waals surface area contributed by atoms with Crippen LogP contribution in [0.15, 0.2) is 47.2 Å². The Bertz CT molecular complexity index is 951. The van der Waals surface area contributed by atoms with Gasteiger partial charge in [-0.1, -0.05) is 5.16 Å². The van der Waals surface area contributed by atoms with Gasteiger partial charge in [-0.05, 0) is 31.3 Å². The summed E-state index contributed by atoms with van der Waals surface area (Å²) in [5.74, 6) is 0.660. The summed E-state index contributed by atoms with van der Waals surface area (Å²) < 4.78 is 5.29. The Hall–Kier alpha value is -3.33. The van der Waals surface area contributed by atoms with Gasteiger partial charge in [-0.3, -0.25) is 15.1 Å². The summed E-state index contributed by atoms with van der Waals surface area (Å²) in [6, 6.07) is 8.59. The summed E-state index contributed by atoms with van der Waals surface area (Å²) in [5.41, 5.74) is 1.96. The number of anilines is 1. The van der Waals surface area contributed by atoms with E-state index in [-0.39, 0.29) is 10.6 Å². The normalized spacial score (nSPS) is 15.1. The Morgan fingerprint density at radius 3 is 2.52 bits per heavy atom. The van der Waals surface area contributed by atoms with Gasteiger partial charge in [-0.15, -0.1) is 0 Å². The molecule has 0 saturated carbocycles. The Kier molecular flexibility index (Phi) is 4.51. The van der Waals surface area contributed by atoms with Crippen molar-refractivity contribution in [1.29, 1.82) is 0 Å². The lowest BCUT2D eigenvalue weighted by molar-refractivity contribution is -0.384. The highest BCUT2D eigenvalue weighted by Crippen LogP contribution is 2.33. The predicted molar refractivity (Wildman–Crippen MR) is 99.3 cm³/mol. The van der Waals surface area contributed by atoms with Gasteiger partial charge in [0.1, 0.15) is 5.69 Å². The van der Waals surface area contributed by atoms with E-state index in [1.165, 1.54) is 6.07 Å². The Morgan fingerprint density at radius 2 is 1.81 bits per heavy atom. The smallest absolute Gasteiger partial charge is 0.293 e. The zero-order chi connectivity index (χ0) is 18.8. The van der Waals surface area contributed by atoms with E-state index in [1.54, 1.807) is 36.7 Å². The number of rotatable bonds is 4. The predicted octanol–water partition coefficient (Wildman–Crippen LogP) is 2.46. The zero-order valence-corrected chi connectivity index (χ0v) is 14.8. The van der Waals surface area contributed by atoms with Gasteiger partial charge < -0.3 is 14.3 Å². The van der Waals surface area contributed by atoms with Crippen LogP contribution in [0.3, 0.4) is 0 Å². The maximum atomic E-state index is 11.6. The molecule has 0 amide bonds. The molecule has 1 fully saturated rings. The van der Waals surface area contributed by atoms with Crippen molar-refractivity contribution < 1.29 is 9.45 Å². The van der Waals surface area contributed by atoms with Crippen LogP contribution in [0.2, 0.25) is 0 Å². The molecule has 0 N–H and O–H groups in total. The van der Waals surface area contributed by atoms with E-state index in [4.69, 9.17) is 4.52 Å². The van der Waals surface area contributed by atoms with Crippen LogP contribution < -0.4 is 4.90 Å². The molecule has 138 valence electrons. The second-order valence-corrected chi connectivity index (χ2v) is 6.41. The molecule has 1 aliphatic rings. The molecule has 0 bridgehead atoms. The number of likely N-dealkylation sites (N-methyl/N-ethyl adjacent to an activating group) is 1. The lowest BCUT2D eigenvalue weighted by Gasteiger charge is -2.33. The van der Waals surface area contributed by atoms with Crippen LogP contribution in [0, 0.1) is 10.1 Å². The first-order valence-electron chi connectivity index (χ1n) is 8.58. The second kappa shape index (κ2) is 7.12. The van der Waals surface area contributed by atoms with Gasteiger partial charge in [0.2, 0.25) is 5.82 Å². The molecule has 1 saturated heterocycles. The first-order valence-corrected chi connectivity index (χ1v) is 8.58. The van der Waals surface area contributed by atoms with E-state index in [9.17, 15) is 10.1 Å². The SMILES string of the molecule is CN1CCN(c2ccc(-c3noc(-c4ccncc4)n3)cc2[N+](=O)[O-])CC1. The average Bonchev–Trinajstić information content (AvgIpc) is 3.19. The Balaban J connectivity index is 1.66. The maximum Gasteiger partial charge on any atom is 0.293 e. The van der Waals surface area contributed by atoms with Crippen LogP contribution >= 0.6 is 0 Å². The van der Waals surface area contributed by atoms with E-state index < -0.39 is 0 Å². The third kappa shape index (κ3) is 3.49. The largest absolute Gasteiger partial charge is 0.363 e. The fourth-order valence-corrected chi connectivity index (χ4v) is 3.08. The highest BCUT2D eigenvalue weighted by molar-refractivity contribution is 5.72. The van der Waals surface area contributed by atoms with Crippen LogP contribution in [0.5, 0.6) is 0 Å². The van der Waals surface area contributed by atoms with Gasteiger partial charge >= 0.3 is 0 Å². The summed E-state index contributed by atoms with van der Waals surface area (Å²) in [6.07, 6.45) is 3.27. The Morgan fingerprint density at radius 1 is 1.07 bits per heavy atom. The molecule has 0 unspecified atom stereocenters. The molecule has 27 heavy (non-hydrogen) atoms. The van der Waals surface area contributed by atoms with Crippen LogP contribution in [0.25, 0.3) is 22.8 Å². The fourth-order valence-electron chi connectivity index (χ4n) is 3.08. The first-order chi connectivity index (χ1) is 13.1. The van der Waals surface area contributed by atoms with Crippen molar-refractivity contribution in [2.24, 2.45) is 0 Å². The number of piperazine rings is 1. The van der Waals surface area contributed by atoms with Crippen molar-refractivity contribution >= 4 is 11.4 Å². The lowest BCUT2D eigenvalue weighted by Crippen LogP contribution is -2.44. The van der Waals surface area contributed by atoms with Gasteiger partial charge in [-0.2, -0.15) is 4.98 Å². The molecule has 1 aliphatic heterocycles. The molecule has 9 nitrogen and oxygen atoms in total. The van der Waals surface area contributed by atoms with E-state index in [0.717, 1.165) is 31.7 Å². The van der Waals surface area contributed by atoms with E-state index in [2.05, 4.69) is 20.0 Å². The number of hydrogen-bond donors (Lipinski definition) is 0. The summed E-state index contributed by atoms with van der Waals surface area (Å²) in [7, 11) is 2.05. The van der Waals surface area contributed by atoms with E-state index >= 15 is 0 Å². The van der Waals surface area contributed by atoms with Crippen molar-refractivity contribution in [3.05, 3.63) is 52.8 Å². The number of pyridine rings is 1. The number of nitro benzene ring substituents is 1. The summed E-state index contributed by atoms with van der Waals surface area (Å²) in [6.45, 7) is 3.26. The molecule has 2 aromatic heterocycles. The first kappa shape index (κ1) is 17.1. The Labute approximate surface area is 155 Å². The average molecular weight is 366 g/mol. The number of hydrogen-bond acceptors (Lipinski definition) is 8. The third-order valence-electron chi connectivity index (χ3n) is 4.63. The van der Waals surface area contributed by atoms with E-state index in [0.29, 0.717) is 23.0 Å². The summed E-state index contributed by atoms with van der Waals surface area (Å²) in [4.78, 5) is 23.8. The van der Waals surface area contributed by atoms with Crippen molar-refractivity contribution in [1.82, 2.24) is 20.0 Å². The number of nitrogens with zero attached hydrogens (tertiary/aromatic N) is 6. The van der Waals surface area contributed by atoms with Crippen LogP contribution in [0.4, 0.5) is 11.4 Å². The van der Waals surface area contributed by atoms with Gasteiger partial charge in [0.05, 0.1) is 4.92 Å². The monoisotopic (exact) mass is 366 g/mol. The molecule has 9 heteroatoms. The van der Waals surface area contributed by atoms with Crippen molar-refractivity contribution in [2.45, 2.75) is 0 Å². The molecule has 0 spiro atoms. The van der Waals surface area contributed by atoms with Crippen LogP contribution in [0.1, 0.15) is 0 Å². The summed E-state index contributed by atoms with van der Waals surface area (Å²) >= 11 is 0. The van der Waals surface area contributed by atoms with Gasteiger partial charge in [0, 0.05) is 55.8 Å². The topological polar surface area (TPSA) is 101 Å². The summed E-state index contributed by atoms with van der Waals surface area (Å²) in [5, 5.41) is 15.6. The van der Waals surface area contributed by atoms with Crippen LogP contribution in [-0.2, 0) is 0 Å². The van der Waals surface area contributed by atoms with Gasteiger partial charge in [0.25, 0.3) is 11.6 Å². The number of aromatic nitrogens is 3. The fraction of sp³-hybridized carbons (Fsp3) is 0.278. The maximum absolute atomic E-state index is 11.6. The highest BCUT2D eigenvalue weighted by atomic mass is 16.6. The molecular formula is C18H18N6O3.